The molecular formula is C14H25ClN4OS. The summed E-state index contributed by atoms with van der Waals surface area (Å²) in [6.07, 6.45) is 1.93. The van der Waals surface area contributed by atoms with Gasteiger partial charge < -0.3 is 10.6 Å². The van der Waals surface area contributed by atoms with Crippen LogP contribution in [0.1, 0.15) is 42.0 Å². The molecule has 0 atom stereocenters. The number of hydrogen-bond acceptors (Lipinski definition) is 4. The van der Waals surface area contributed by atoms with Gasteiger partial charge in [0.1, 0.15) is 0 Å². The number of aromatic nitrogens is 2. The largest absolute Gasteiger partial charge is 0.351 e. The molecule has 0 saturated heterocycles. The van der Waals surface area contributed by atoms with Crippen molar-refractivity contribution in [3.8, 4) is 0 Å². The third kappa shape index (κ3) is 5.52. The van der Waals surface area contributed by atoms with E-state index in [1.165, 1.54) is 5.75 Å². The average molecular weight is 333 g/mol. The number of fused-ring (bicyclic) bond motifs is 1. The number of thioether (sulfide) groups is 1. The Kier molecular flexibility index (Phi) is 8.14. The van der Waals surface area contributed by atoms with Crippen LogP contribution < -0.4 is 10.6 Å². The molecule has 0 aliphatic carbocycles. The molecule has 5 nitrogen and oxygen atoms in total. The van der Waals surface area contributed by atoms with E-state index in [0.717, 1.165) is 55.4 Å². The predicted octanol–water partition coefficient (Wildman–Crippen LogP) is 1.99. The highest BCUT2D eigenvalue weighted by Gasteiger charge is 2.20. The van der Waals surface area contributed by atoms with Crippen LogP contribution in [0.2, 0.25) is 0 Å². The molecule has 120 valence electrons. The molecule has 0 fully saturated rings. The van der Waals surface area contributed by atoms with Crippen LogP contribution in [0.15, 0.2) is 0 Å². The molecule has 21 heavy (non-hydrogen) atoms. The molecule has 7 heteroatoms. The zero-order valence-corrected chi connectivity index (χ0v) is 14.3. The lowest BCUT2D eigenvalue weighted by atomic mass is 10.1. The molecular weight excluding hydrogens is 308 g/mol. The fourth-order valence-corrected chi connectivity index (χ4v) is 3.18. The van der Waals surface area contributed by atoms with Crippen LogP contribution >= 0.6 is 24.2 Å². The van der Waals surface area contributed by atoms with Crippen LogP contribution in [0.4, 0.5) is 0 Å². The number of hydrogen-bond donors (Lipinski definition) is 3. The van der Waals surface area contributed by atoms with Gasteiger partial charge in [0.2, 0.25) is 0 Å². The first kappa shape index (κ1) is 18.3. The van der Waals surface area contributed by atoms with Crippen LogP contribution in [0.25, 0.3) is 0 Å². The van der Waals surface area contributed by atoms with Crippen LogP contribution in [0.3, 0.4) is 0 Å². The predicted molar refractivity (Wildman–Crippen MR) is 90.4 cm³/mol. The lowest BCUT2D eigenvalue weighted by Gasteiger charge is -2.12. The number of nitrogens with zero attached hydrogens (tertiary/aromatic N) is 1. The highest BCUT2D eigenvalue weighted by Crippen LogP contribution is 2.15. The molecule has 2 rings (SSSR count). The van der Waals surface area contributed by atoms with E-state index in [2.05, 4.69) is 34.7 Å². The minimum Gasteiger partial charge on any atom is -0.351 e. The van der Waals surface area contributed by atoms with Crippen molar-refractivity contribution < 1.29 is 4.79 Å². The third-order valence-electron chi connectivity index (χ3n) is 3.22. The highest BCUT2D eigenvalue weighted by molar-refractivity contribution is 7.99. The standard InChI is InChI=1S/C14H24N4OS.ClH/c1-10(2)9-20-7-3-5-16-14(19)13-11-8-15-6-4-12(11)17-18-13;/h10,15H,3-9H2,1-2H3,(H,16,19)(H,17,18);1H. The Hall–Kier alpha value is -0.720. The summed E-state index contributed by atoms with van der Waals surface area (Å²) >= 11 is 1.95. The Morgan fingerprint density at radius 2 is 2.29 bits per heavy atom. The van der Waals surface area contributed by atoms with Gasteiger partial charge in [-0.05, 0) is 23.8 Å². The van der Waals surface area contributed by atoms with Crippen molar-refractivity contribution in [3.05, 3.63) is 17.0 Å². The van der Waals surface area contributed by atoms with Crippen molar-refractivity contribution in [1.82, 2.24) is 20.8 Å². The van der Waals surface area contributed by atoms with Gasteiger partial charge >= 0.3 is 0 Å². The maximum Gasteiger partial charge on any atom is 0.272 e. The van der Waals surface area contributed by atoms with Crippen molar-refractivity contribution in [2.75, 3.05) is 24.6 Å². The van der Waals surface area contributed by atoms with Crippen molar-refractivity contribution in [2.24, 2.45) is 5.92 Å². The Morgan fingerprint density at radius 1 is 1.48 bits per heavy atom. The molecule has 3 N–H and O–H groups in total. The normalized spacial score (nSPS) is 13.7. The van der Waals surface area contributed by atoms with Gasteiger partial charge in [-0.2, -0.15) is 16.9 Å². The number of aromatic amines is 1. The lowest BCUT2D eigenvalue weighted by molar-refractivity contribution is 0.0947. The first-order valence-electron chi connectivity index (χ1n) is 7.31. The summed E-state index contributed by atoms with van der Waals surface area (Å²) in [7, 11) is 0. The van der Waals surface area contributed by atoms with E-state index in [1.807, 2.05) is 11.8 Å². The van der Waals surface area contributed by atoms with Gasteiger partial charge in [0.25, 0.3) is 5.91 Å². The Morgan fingerprint density at radius 3 is 3.05 bits per heavy atom. The van der Waals surface area contributed by atoms with Crippen LogP contribution in [0, 0.1) is 5.92 Å². The van der Waals surface area contributed by atoms with E-state index in [9.17, 15) is 4.79 Å². The number of halogens is 1. The van der Waals surface area contributed by atoms with Crippen LogP contribution in [-0.4, -0.2) is 40.7 Å². The smallest absolute Gasteiger partial charge is 0.272 e. The van der Waals surface area contributed by atoms with Gasteiger partial charge in [-0.25, -0.2) is 0 Å². The molecule has 0 spiro atoms. The molecule has 1 amide bonds. The summed E-state index contributed by atoms with van der Waals surface area (Å²) in [6.45, 7) is 6.86. The number of nitrogens with one attached hydrogen (secondary N) is 3. The summed E-state index contributed by atoms with van der Waals surface area (Å²) in [4.78, 5) is 12.1. The molecule has 1 aliphatic rings. The van der Waals surface area contributed by atoms with E-state index < -0.39 is 0 Å². The van der Waals surface area contributed by atoms with Gasteiger partial charge in [0.15, 0.2) is 5.69 Å². The van der Waals surface area contributed by atoms with Gasteiger partial charge in [-0.3, -0.25) is 9.89 Å². The first-order chi connectivity index (χ1) is 9.68. The molecule has 0 saturated carbocycles. The molecule has 0 bridgehead atoms. The molecule has 0 aromatic carbocycles. The number of carbonyl (C=O) groups is 1. The number of H-pyrrole nitrogens is 1. The fourth-order valence-electron chi connectivity index (χ4n) is 2.19. The Bertz CT molecular complexity index is 450. The van der Waals surface area contributed by atoms with Gasteiger partial charge in [-0.1, -0.05) is 13.8 Å². The molecule has 0 radical (unpaired) electrons. The zero-order chi connectivity index (χ0) is 14.4. The van der Waals surface area contributed by atoms with E-state index >= 15 is 0 Å². The summed E-state index contributed by atoms with van der Waals surface area (Å²) < 4.78 is 0. The van der Waals surface area contributed by atoms with Crippen LogP contribution in [0.5, 0.6) is 0 Å². The molecule has 1 aromatic heterocycles. The number of carbonyl (C=O) groups excluding carboxylic acids is 1. The molecule has 1 aromatic rings. The minimum atomic E-state index is -0.0555. The third-order valence-corrected chi connectivity index (χ3v) is 4.70. The first-order valence-corrected chi connectivity index (χ1v) is 8.46. The highest BCUT2D eigenvalue weighted by atomic mass is 35.5. The summed E-state index contributed by atoms with van der Waals surface area (Å²) in [5, 5.41) is 13.4. The van der Waals surface area contributed by atoms with E-state index in [1.54, 1.807) is 0 Å². The van der Waals surface area contributed by atoms with Crippen molar-refractivity contribution >= 4 is 30.1 Å². The summed E-state index contributed by atoms with van der Waals surface area (Å²) in [6, 6.07) is 0. The van der Waals surface area contributed by atoms with Crippen molar-refractivity contribution in [1.29, 1.82) is 0 Å². The summed E-state index contributed by atoms with van der Waals surface area (Å²) in [5.74, 6) is 2.96. The maximum atomic E-state index is 12.1. The molecule has 1 aliphatic heterocycles. The van der Waals surface area contributed by atoms with E-state index in [4.69, 9.17) is 0 Å². The number of amides is 1. The second-order valence-corrected chi connectivity index (χ2v) is 6.68. The fraction of sp³-hybridized carbons (Fsp3) is 0.714. The number of rotatable bonds is 7. The maximum absolute atomic E-state index is 12.1. The van der Waals surface area contributed by atoms with Crippen molar-refractivity contribution in [2.45, 2.75) is 33.2 Å². The second-order valence-electron chi connectivity index (χ2n) is 5.53. The average Bonchev–Trinajstić information content (AvgIpc) is 2.86. The monoisotopic (exact) mass is 332 g/mol. The van der Waals surface area contributed by atoms with Gasteiger partial charge in [0.05, 0.1) is 0 Å². The SMILES string of the molecule is CC(C)CSCCCNC(=O)c1n[nH]c2c1CNCC2.Cl. The van der Waals surface area contributed by atoms with Crippen molar-refractivity contribution in [3.63, 3.8) is 0 Å². The minimum absolute atomic E-state index is 0. The van der Waals surface area contributed by atoms with Crippen LogP contribution in [-0.2, 0) is 13.0 Å². The van der Waals surface area contributed by atoms with E-state index in [-0.39, 0.29) is 18.3 Å². The Balaban J connectivity index is 0.00000220. The lowest BCUT2D eigenvalue weighted by Crippen LogP contribution is -2.29. The molecule has 0 unspecified atom stereocenters. The zero-order valence-electron chi connectivity index (χ0n) is 12.7. The Labute approximate surface area is 136 Å². The van der Waals surface area contributed by atoms with Gasteiger partial charge in [-0.15, -0.1) is 12.4 Å². The van der Waals surface area contributed by atoms with Gasteiger partial charge in [0, 0.05) is 37.3 Å². The quantitative estimate of drug-likeness (QED) is 0.668. The second kappa shape index (κ2) is 9.33. The topological polar surface area (TPSA) is 69.8 Å². The summed E-state index contributed by atoms with van der Waals surface area (Å²) in [5.41, 5.74) is 2.69. The van der Waals surface area contributed by atoms with E-state index in [0.29, 0.717) is 5.69 Å². The molecule has 2 heterocycles.